The topological polar surface area (TPSA) is 92.0 Å². The van der Waals surface area contributed by atoms with Crippen molar-refractivity contribution in [3.8, 4) is 0 Å². The Kier molecular flexibility index (Phi) is 3.63. The maximum absolute atomic E-state index is 11.1. The highest BCUT2D eigenvalue weighted by Gasteiger charge is 2.34. The second-order valence-corrected chi connectivity index (χ2v) is 5.22. The quantitative estimate of drug-likeness (QED) is 0.497. The number of nitrogens with one attached hydrogen (secondary N) is 1. The molecule has 0 bridgehead atoms. The van der Waals surface area contributed by atoms with E-state index in [0.29, 0.717) is 11.1 Å². The Bertz CT molecular complexity index is 405. The monoisotopic (exact) mass is 241 g/mol. The summed E-state index contributed by atoms with van der Waals surface area (Å²) in [4.78, 5) is 17.7. The molecule has 1 aromatic heterocycles. The van der Waals surface area contributed by atoms with Gasteiger partial charge in [-0.25, -0.2) is 4.98 Å². The number of nitrogens with two attached hydrogens (primary N) is 1. The van der Waals surface area contributed by atoms with Crippen molar-refractivity contribution in [2.75, 3.05) is 6.61 Å². The highest BCUT2D eigenvalue weighted by molar-refractivity contribution is 7.99. The van der Waals surface area contributed by atoms with E-state index in [1.165, 1.54) is 24.0 Å². The Labute approximate surface area is 97.5 Å². The first kappa shape index (κ1) is 11.6. The van der Waals surface area contributed by atoms with Crippen LogP contribution in [0.4, 0.5) is 0 Å². The van der Waals surface area contributed by atoms with E-state index in [1.807, 2.05) is 0 Å². The van der Waals surface area contributed by atoms with E-state index < -0.39 is 0 Å². The van der Waals surface area contributed by atoms with E-state index in [-0.39, 0.29) is 23.5 Å². The molecule has 0 radical (unpaired) electrons. The molecule has 2 atom stereocenters. The summed E-state index contributed by atoms with van der Waals surface area (Å²) in [6, 6.07) is 1.33. The summed E-state index contributed by atoms with van der Waals surface area (Å²) >= 11 is 1.34. The minimum Gasteiger partial charge on any atom is -0.395 e. The molecule has 1 heterocycles. The molecule has 16 heavy (non-hydrogen) atoms. The Morgan fingerprint density at radius 1 is 1.69 bits per heavy atom. The SMILES string of the molecule is NC(C1CC1)C(CO)Sc1nccc(=O)[nH]1. The number of H-pyrrole nitrogens is 1. The molecule has 0 aliphatic heterocycles. The fraction of sp³-hybridized carbons (Fsp3) is 0.600. The minimum absolute atomic E-state index is 0.000931. The first-order chi connectivity index (χ1) is 7.70. The van der Waals surface area contributed by atoms with Gasteiger partial charge < -0.3 is 15.8 Å². The van der Waals surface area contributed by atoms with Crippen LogP contribution < -0.4 is 11.3 Å². The molecule has 0 saturated heterocycles. The highest BCUT2D eigenvalue weighted by atomic mass is 32.2. The van der Waals surface area contributed by atoms with Crippen LogP contribution in [0.5, 0.6) is 0 Å². The molecule has 0 spiro atoms. The normalized spacial score (nSPS) is 19.4. The van der Waals surface area contributed by atoms with Gasteiger partial charge in [-0.05, 0) is 18.8 Å². The van der Waals surface area contributed by atoms with Crippen molar-refractivity contribution < 1.29 is 5.11 Å². The lowest BCUT2D eigenvalue weighted by Crippen LogP contribution is -2.37. The van der Waals surface area contributed by atoms with Crippen molar-refractivity contribution in [1.82, 2.24) is 9.97 Å². The van der Waals surface area contributed by atoms with Gasteiger partial charge in [0.15, 0.2) is 5.16 Å². The van der Waals surface area contributed by atoms with E-state index in [9.17, 15) is 9.90 Å². The van der Waals surface area contributed by atoms with Crippen LogP contribution >= 0.6 is 11.8 Å². The fourth-order valence-electron chi connectivity index (χ4n) is 1.58. The van der Waals surface area contributed by atoms with Crippen molar-refractivity contribution >= 4 is 11.8 Å². The van der Waals surface area contributed by atoms with Crippen molar-refractivity contribution in [1.29, 1.82) is 0 Å². The van der Waals surface area contributed by atoms with Crippen LogP contribution in [0.1, 0.15) is 12.8 Å². The van der Waals surface area contributed by atoms with Crippen LogP contribution in [0.3, 0.4) is 0 Å². The van der Waals surface area contributed by atoms with Crippen LogP contribution in [0, 0.1) is 5.92 Å². The zero-order valence-electron chi connectivity index (χ0n) is 8.80. The van der Waals surface area contributed by atoms with Gasteiger partial charge in [0.2, 0.25) is 0 Å². The molecule has 1 saturated carbocycles. The molecule has 1 aromatic rings. The molecule has 6 heteroatoms. The minimum atomic E-state index is -0.186. The van der Waals surface area contributed by atoms with E-state index in [1.54, 1.807) is 0 Å². The summed E-state index contributed by atoms with van der Waals surface area (Å²) in [5.41, 5.74) is 5.83. The number of nitrogens with zero attached hydrogens (tertiary/aromatic N) is 1. The summed E-state index contributed by atoms with van der Waals surface area (Å²) in [7, 11) is 0. The lowest BCUT2D eigenvalue weighted by molar-refractivity contribution is 0.277. The second kappa shape index (κ2) is 4.99. The zero-order chi connectivity index (χ0) is 11.5. The predicted molar refractivity (Wildman–Crippen MR) is 62.3 cm³/mol. The van der Waals surface area contributed by atoms with E-state index >= 15 is 0 Å². The molecule has 0 aromatic carbocycles. The van der Waals surface area contributed by atoms with Crippen molar-refractivity contribution in [2.24, 2.45) is 11.7 Å². The van der Waals surface area contributed by atoms with Crippen LogP contribution in [0.2, 0.25) is 0 Å². The Morgan fingerprint density at radius 2 is 2.44 bits per heavy atom. The molecule has 4 N–H and O–H groups in total. The van der Waals surface area contributed by atoms with Crippen LogP contribution in [0.15, 0.2) is 22.2 Å². The van der Waals surface area contributed by atoms with Crippen molar-refractivity contribution in [3.05, 3.63) is 22.6 Å². The van der Waals surface area contributed by atoms with Gasteiger partial charge in [-0.15, -0.1) is 0 Å². The number of aromatic amines is 1. The molecule has 88 valence electrons. The summed E-state index contributed by atoms with van der Waals surface area (Å²) in [5, 5.41) is 9.70. The molecular formula is C10H15N3O2S. The summed E-state index contributed by atoms with van der Waals surface area (Å²) in [5.74, 6) is 0.514. The van der Waals surface area contributed by atoms with Crippen LogP contribution in [-0.2, 0) is 0 Å². The van der Waals surface area contributed by atoms with E-state index in [0.717, 1.165) is 12.8 Å². The second-order valence-electron chi connectivity index (χ2n) is 3.99. The number of aliphatic hydroxyl groups excluding tert-OH is 1. The Morgan fingerprint density at radius 3 is 3.00 bits per heavy atom. The number of thioether (sulfide) groups is 1. The maximum Gasteiger partial charge on any atom is 0.251 e. The summed E-state index contributed by atoms with van der Waals surface area (Å²) < 4.78 is 0. The molecule has 1 aliphatic carbocycles. The first-order valence-electron chi connectivity index (χ1n) is 5.29. The lowest BCUT2D eigenvalue weighted by atomic mass is 10.1. The number of hydrogen-bond donors (Lipinski definition) is 3. The predicted octanol–water partition coefficient (Wildman–Crippen LogP) is -0.0398. The largest absolute Gasteiger partial charge is 0.395 e. The third kappa shape index (κ3) is 2.84. The van der Waals surface area contributed by atoms with Gasteiger partial charge in [-0.3, -0.25) is 4.79 Å². The number of hydrogen-bond acceptors (Lipinski definition) is 5. The molecular weight excluding hydrogens is 226 g/mol. The molecule has 5 nitrogen and oxygen atoms in total. The van der Waals surface area contributed by atoms with Crippen molar-refractivity contribution in [3.63, 3.8) is 0 Å². The van der Waals surface area contributed by atoms with Gasteiger partial charge in [-0.2, -0.15) is 0 Å². The first-order valence-corrected chi connectivity index (χ1v) is 6.17. The van der Waals surface area contributed by atoms with Gasteiger partial charge >= 0.3 is 0 Å². The summed E-state index contributed by atoms with van der Waals surface area (Å²) in [6.45, 7) is 0.000931. The van der Waals surface area contributed by atoms with Gasteiger partial charge in [0.1, 0.15) is 0 Å². The number of aliphatic hydroxyl groups is 1. The molecule has 0 amide bonds. The zero-order valence-corrected chi connectivity index (χ0v) is 9.61. The lowest BCUT2D eigenvalue weighted by Gasteiger charge is -2.20. The fourth-order valence-corrected chi connectivity index (χ4v) is 2.60. The van der Waals surface area contributed by atoms with Gasteiger partial charge in [0, 0.05) is 18.3 Å². The van der Waals surface area contributed by atoms with Crippen molar-refractivity contribution in [2.45, 2.75) is 29.3 Å². The van der Waals surface area contributed by atoms with E-state index in [4.69, 9.17) is 5.73 Å². The highest BCUT2D eigenvalue weighted by Crippen LogP contribution is 2.36. The van der Waals surface area contributed by atoms with Crippen LogP contribution in [0.25, 0.3) is 0 Å². The Hall–Kier alpha value is -0.850. The molecule has 1 aliphatic rings. The smallest absolute Gasteiger partial charge is 0.251 e. The average Bonchev–Trinajstić information content (AvgIpc) is 3.09. The third-order valence-corrected chi connectivity index (χ3v) is 3.88. The molecule has 1 fully saturated rings. The van der Waals surface area contributed by atoms with Crippen LogP contribution in [-0.4, -0.2) is 33.0 Å². The third-order valence-electron chi connectivity index (χ3n) is 2.69. The molecule has 2 rings (SSSR count). The van der Waals surface area contributed by atoms with Gasteiger partial charge in [0.05, 0.1) is 11.9 Å². The average molecular weight is 241 g/mol. The number of rotatable bonds is 5. The standard InChI is InChI=1S/C10H15N3O2S/c11-9(6-1-2-6)7(5-14)16-10-12-4-3-8(15)13-10/h3-4,6-7,9,14H,1-2,5,11H2,(H,12,13,15). The maximum atomic E-state index is 11.1. The van der Waals surface area contributed by atoms with Gasteiger partial charge in [0.25, 0.3) is 5.56 Å². The summed E-state index contributed by atoms with van der Waals surface area (Å²) in [6.07, 6.45) is 3.73. The van der Waals surface area contributed by atoms with E-state index in [2.05, 4.69) is 9.97 Å². The Balaban J connectivity index is 2.03. The molecule has 2 unspecified atom stereocenters. The number of aromatic nitrogens is 2. The van der Waals surface area contributed by atoms with Gasteiger partial charge in [-0.1, -0.05) is 11.8 Å².